The molecule has 86 valence electrons. The molecule has 0 saturated heterocycles. The van der Waals surface area contributed by atoms with Crippen molar-refractivity contribution in [3.8, 4) is 0 Å². The highest BCUT2D eigenvalue weighted by molar-refractivity contribution is 4.91. The van der Waals surface area contributed by atoms with Crippen molar-refractivity contribution in [2.45, 2.75) is 40.0 Å². The standard InChI is InChI=1S/C11H21N3O/c1-5-12-7-6-10-13-14-11(15-10)9(4)8(2)3/h8-9,12H,5-7H2,1-4H3. The number of aromatic nitrogens is 2. The molecule has 1 heterocycles. The van der Waals surface area contributed by atoms with Gasteiger partial charge in [0.1, 0.15) is 0 Å². The van der Waals surface area contributed by atoms with E-state index >= 15 is 0 Å². The van der Waals surface area contributed by atoms with Crippen LogP contribution in [0.2, 0.25) is 0 Å². The van der Waals surface area contributed by atoms with E-state index in [1.54, 1.807) is 0 Å². The molecule has 1 unspecified atom stereocenters. The zero-order valence-electron chi connectivity index (χ0n) is 10.1. The molecule has 0 amide bonds. The highest BCUT2D eigenvalue weighted by Gasteiger charge is 2.16. The number of nitrogens with one attached hydrogen (secondary N) is 1. The molecule has 1 aromatic heterocycles. The predicted octanol–water partition coefficient (Wildman–Crippen LogP) is 1.98. The van der Waals surface area contributed by atoms with E-state index in [9.17, 15) is 0 Å². The molecule has 4 heteroatoms. The van der Waals surface area contributed by atoms with Gasteiger partial charge in [0.2, 0.25) is 11.8 Å². The average Bonchev–Trinajstić information content (AvgIpc) is 2.65. The number of hydrogen-bond donors (Lipinski definition) is 1. The van der Waals surface area contributed by atoms with Crippen molar-refractivity contribution in [1.29, 1.82) is 0 Å². The summed E-state index contributed by atoms with van der Waals surface area (Å²) < 4.78 is 5.59. The molecule has 0 fully saturated rings. The van der Waals surface area contributed by atoms with Crippen molar-refractivity contribution in [3.05, 3.63) is 11.8 Å². The van der Waals surface area contributed by atoms with Gasteiger partial charge in [0, 0.05) is 18.9 Å². The van der Waals surface area contributed by atoms with Gasteiger partial charge in [-0.2, -0.15) is 0 Å². The third-order valence-electron chi connectivity index (χ3n) is 2.64. The Morgan fingerprint density at radius 2 is 2.00 bits per heavy atom. The van der Waals surface area contributed by atoms with E-state index in [-0.39, 0.29) is 0 Å². The van der Waals surface area contributed by atoms with Crippen molar-refractivity contribution in [2.75, 3.05) is 13.1 Å². The van der Waals surface area contributed by atoms with E-state index in [0.717, 1.165) is 31.3 Å². The minimum Gasteiger partial charge on any atom is -0.425 e. The van der Waals surface area contributed by atoms with Crippen LogP contribution in [-0.2, 0) is 6.42 Å². The largest absolute Gasteiger partial charge is 0.425 e. The Morgan fingerprint density at radius 3 is 2.60 bits per heavy atom. The van der Waals surface area contributed by atoms with Crippen LogP contribution in [0.3, 0.4) is 0 Å². The maximum absolute atomic E-state index is 5.59. The van der Waals surface area contributed by atoms with Gasteiger partial charge in [0.15, 0.2) is 0 Å². The maximum atomic E-state index is 5.59. The van der Waals surface area contributed by atoms with Crippen LogP contribution in [0, 0.1) is 5.92 Å². The fraction of sp³-hybridized carbons (Fsp3) is 0.818. The number of rotatable bonds is 6. The summed E-state index contributed by atoms with van der Waals surface area (Å²) in [5.74, 6) is 2.37. The van der Waals surface area contributed by atoms with E-state index in [2.05, 4.69) is 43.2 Å². The topological polar surface area (TPSA) is 51.0 Å². The molecule has 0 aliphatic carbocycles. The molecule has 0 bridgehead atoms. The lowest BCUT2D eigenvalue weighted by atomic mass is 9.98. The van der Waals surface area contributed by atoms with Crippen molar-refractivity contribution in [1.82, 2.24) is 15.5 Å². The monoisotopic (exact) mass is 211 g/mol. The molecule has 4 nitrogen and oxygen atoms in total. The van der Waals surface area contributed by atoms with Crippen molar-refractivity contribution >= 4 is 0 Å². The van der Waals surface area contributed by atoms with Gasteiger partial charge >= 0.3 is 0 Å². The molecule has 0 aromatic carbocycles. The smallest absolute Gasteiger partial charge is 0.219 e. The van der Waals surface area contributed by atoms with Gasteiger partial charge < -0.3 is 9.73 Å². The molecule has 15 heavy (non-hydrogen) atoms. The Morgan fingerprint density at radius 1 is 1.27 bits per heavy atom. The Kier molecular flexibility index (Phi) is 4.75. The zero-order chi connectivity index (χ0) is 11.3. The van der Waals surface area contributed by atoms with Gasteiger partial charge in [-0.05, 0) is 12.5 Å². The van der Waals surface area contributed by atoms with Crippen molar-refractivity contribution in [2.24, 2.45) is 5.92 Å². The molecule has 1 rings (SSSR count). The molecule has 0 spiro atoms. The Hall–Kier alpha value is -0.900. The minimum atomic E-state index is 0.338. The number of likely N-dealkylation sites (N-methyl/N-ethyl adjacent to an activating group) is 1. The summed E-state index contributed by atoms with van der Waals surface area (Å²) in [6, 6.07) is 0. The van der Waals surface area contributed by atoms with Crippen LogP contribution in [0.4, 0.5) is 0 Å². The second-order valence-corrected chi connectivity index (χ2v) is 4.17. The summed E-state index contributed by atoms with van der Waals surface area (Å²) in [6.07, 6.45) is 0.811. The van der Waals surface area contributed by atoms with Crippen LogP contribution in [-0.4, -0.2) is 23.3 Å². The highest BCUT2D eigenvalue weighted by Crippen LogP contribution is 2.21. The first kappa shape index (κ1) is 12.2. The SMILES string of the molecule is CCNCCc1nnc(C(C)C(C)C)o1. The van der Waals surface area contributed by atoms with Crippen LogP contribution in [0.25, 0.3) is 0 Å². The van der Waals surface area contributed by atoms with Crippen LogP contribution in [0.5, 0.6) is 0 Å². The Balaban J connectivity index is 2.48. The first-order valence-corrected chi connectivity index (χ1v) is 5.68. The van der Waals surface area contributed by atoms with Crippen LogP contribution in [0.1, 0.15) is 45.4 Å². The van der Waals surface area contributed by atoms with Gasteiger partial charge in [-0.1, -0.05) is 27.7 Å². The molecular formula is C11H21N3O. The Bertz CT molecular complexity index is 283. The quantitative estimate of drug-likeness (QED) is 0.731. The van der Waals surface area contributed by atoms with Gasteiger partial charge in [-0.25, -0.2) is 0 Å². The van der Waals surface area contributed by atoms with Crippen molar-refractivity contribution in [3.63, 3.8) is 0 Å². The van der Waals surface area contributed by atoms with Gasteiger partial charge in [0.05, 0.1) is 0 Å². The number of hydrogen-bond acceptors (Lipinski definition) is 4. The maximum Gasteiger partial charge on any atom is 0.219 e. The lowest BCUT2D eigenvalue weighted by Crippen LogP contribution is -2.16. The number of nitrogens with zero attached hydrogens (tertiary/aromatic N) is 2. The average molecular weight is 211 g/mol. The lowest BCUT2D eigenvalue weighted by Gasteiger charge is -2.09. The minimum absolute atomic E-state index is 0.338. The van der Waals surface area contributed by atoms with E-state index in [1.165, 1.54) is 0 Å². The molecule has 1 atom stereocenters. The summed E-state index contributed by atoms with van der Waals surface area (Å²) in [5, 5.41) is 11.3. The normalized spacial score (nSPS) is 13.4. The second kappa shape index (κ2) is 5.85. The van der Waals surface area contributed by atoms with Crippen LogP contribution >= 0.6 is 0 Å². The van der Waals surface area contributed by atoms with Gasteiger partial charge in [-0.15, -0.1) is 10.2 Å². The lowest BCUT2D eigenvalue weighted by molar-refractivity contribution is 0.379. The third kappa shape index (κ3) is 3.63. The van der Waals surface area contributed by atoms with E-state index < -0.39 is 0 Å². The third-order valence-corrected chi connectivity index (χ3v) is 2.64. The molecule has 0 radical (unpaired) electrons. The molecular weight excluding hydrogens is 190 g/mol. The van der Waals surface area contributed by atoms with E-state index in [0.29, 0.717) is 11.8 Å². The van der Waals surface area contributed by atoms with E-state index in [1.807, 2.05) is 0 Å². The molecule has 0 saturated carbocycles. The first-order valence-electron chi connectivity index (χ1n) is 5.68. The Labute approximate surface area is 91.5 Å². The second-order valence-electron chi connectivity index (χ2n) is 4.17. The van der Waals surface area contributed by atoms with Gasteiger partial charge in [-0.3, -0.25) is 0 Å². The molecule has 0 aliphatic rings. The summed E-state index contributed by atoms with van der Waals surface area (Å²) in [7, 11) is 0. The predicted molar refractivity (Wildman–Crippen MR) is 59.8 cm³/mol. The fourth-order valence-corrected chi connectivity index (χ4v) is 1.21. The molecule has 0 aliphatic heterocycles. The van der Waals surface area contributed by atoms with Crippen LogP contribution in [0.15, 0.2) is 4.42 Å². The van der Waals surface area contributed by atoms with Gasteiger partial charge in [0.25, 0.3) is 0 Å². The summed E-state index contributed by atoms with van der Waals surface area (Å²) in [5.41, 5.74) is 0. The fourth-order valence-electron chi connectivity index (χ4n) is 1.21. The molecule has 1 N–H and O–H groups in total. The van der Waals surface area contributed by atoms with Crippen LogP contribution < -0.4 is 5.32 Å². The van der Waals surface area contributed by atoms with E-state index in [4.69, 9.17) is 4.42 Å². The zero-order valence-corrected chi connectivity index (χ0v) is 10.1. The summed E-state index contributed by atoms with van der Waals surface area (Å²) in [6.45, 7) is 10.4. The summed E-state index contributed by atoms with van der Waals surface area (Å²) in [4.78, 5) is 0. The summed E-state index contributed by atoms with van der Waals surface area (Å²) >= 11 is 0. The van der Waals surface area contributed by atoms with Crippen molar-refractivity contribution < 1.29 is 4.42 Å². The molecule has 1 aromatic rings. The highest BCUT2D eigenvalue weighted by atomic mass is 16.4. The first-order chi connectivity index (χ1) is 7.15.